The van der Waals surface area contributed by atoms with Crippen LogP contribution in [-0.4, -0.2) is 43.7 Å². The summed E-state index contributed by atoms with van der Waals surface area (Å²) in [5, 5.41) is 13.4. The number of aryl methyl sites for hydroxylation is 1. The fraction of sp³-hybridized carbons (Fsp3) is 0.263. The standard InChI is InChI=1S/C19H20N2O7/c1-13-11-14(7-8-15(13)21(24)25)19(23)28-12-18(22)20-9-10-27-17-6-4-3-5-16(17)26-2/h3-8,11H,9-10,12H2,1-2H3,(H,20,22). The molecular weight excluding hydrogens is 368 g/mol. The fourth-order valence-electron chi connectivity index (χ4n) is 2.34. The number of nitro groups is 1. The van der Waals surface area contributed by atoms with Crippen LogP contribution in [-0.2, 0) is 9.53 Å². The maximum absolute atomic E-state index is 12.0. The van der Waals surface area contributed by atoms with Crippen LogP contribution in [0.4, 0.5) is 5.69 Å². The van der Waals surface area contributed by atoms with Crippen LogP contribution in [0.15, 0.2) is 42.5 Å². The van der Waals surface area contributed by atoms with Gasteiger partial charge in [0, 0.05) is 11.6 Å². The van der Waals surface area contributed by atoms with Gasteiger partial charge in [-0.25, -0.2) is 4.79 Å². The molecule has 0 atom stereocenters. The van der Waals surface area contributed by atoms with Crippen LogP contribution < -0.4 is 14.8 Å². The minimum atomic E-state index is -0.738. The predicted molar refractivity (Wildman–Crippen MR) is 99.6 cm³/mol. The van der Waals surface area contributed by atoms with Crippen LogP contribution in [0.25, 0.3) is 0 Å². The largest absolute Gasteiger partial charge is 0.493 e. The van der Waals surface area contributed by atoms with Gasteiger partial charge in [0.05, 0.1) is 24.1 Å². The van der Waals surface area contributed by atoms with Gasteiger partial charge in [-0.05, 0) is 31.2 Å². The van der Waals surface area contributed by atoms with Gasteiger partial charge in [0.2, 0.25) is 0 Å². The van der Waals surface area contributed by atoms with Crippen molar-refractivity contribution in [3.05, 3.63) is 63.7 Å². The van der Waals surface area contributed by atoms with Gasteiger partial charge in [-0.1, -0.05) is 12.1 Å². The molecule has 28 heavy (non-hydrogen) atoms. The molecule has 0 fully saturated rings. The van der Waals surface area contributed by atoms with Gasteiger partial charge in [0.25, 0.3) is 11.6 Å². The quantitative estimate of drug-likeness (QED) is 0.303. The molecule has 0 aliphatic heterocycles. The first-order valence-electron chi connectivity index (χ1n) is 8.37. The second-order valence-electron chi connectivity index (χ2n) is 5.68. The third kappa shape index (κ3) is 5.70. The normalized spacial score (nSPS) is 10.1. The lowest BCUT2D eigenvalue weighted by Crippen LogP contribution is -2.32. The molecule has 1 N–H and O–H groups in total. The summed E-state index contributed by atoms with van der Waals surface area (Å²) >= 11 is 0. The van der Waals surface area contributed by atoms with E-state index in [0.717, 1.165) is 0 Å². The zero-order valence-corrected chi connectivity index (χ0v) is 15.5. The van der Waals surface area contributed by atoms with Crippen LogP contribution >= 0.6 is 0 Å². The van der Waals surface area contributed by atoms with E-state index in [0.29, 0.717) is 17.1 Å². The smallest absolute Gasteiger partial charge is 0.338 e. The number of esters is 1. The molecule has 9 heteroatoms. The molecule has 0 heterocycles. The number of nitro benzene ring substituents is 1. The molecule has 2 aromatic rings. The van der Waals surface area contributed by atoms with Crippen molar-refractivity contribution in [3.8, 4) is 11.5 Å². The number of rotatable bonds is 9. The molecule has 0 bridgehead atoms. The van der Waals surface area contributed by atoms with Crippen molar-refractivity contribution >= 4 is 17.6 Å². The van der Waals surface area contributed by atoms with Gasteiger partial charge < -0.3 is 19.5 Å². The van der Waals surface area contributed by atoms with Gasteiger partial charge in [-0.2, -0.15) is 0 Å². The third-order valence-corrected chi connectivity index (χ3v) is 3.71. The van der Waals surface area contributed by atoms with Crippen molar-refractivity contribution in [1.82, 2.24) is 5.32 Å². The lowest BCUT2D eigenvalue weighted by atomic mass is 10.1. The van der Waals surface area contributed by atoms with Gasteiger partial charge in [-0.3, -0.25) is 14.9 Å². The number of nitrogens with zero attached hydrogens (tertiary/aromatic N) is 1. The Bertz CT molecular complexity index is 867. The second-order valence-corrected chi connectivity index (χ2v) is 5.68. The van der Waals surface area contributed by atoms with E-state index in [9.17, 15) is 19.7 Å². The van der Waals surface area contributed by atoms with E-state index in [1.54, 1.807) is 18.2 Å². The highest BCUT2D eigenvalue weighted by molar-refractivity contribution is 5.91. The number of benzene rings is 2. The molecule has 0 radical (unpaired) electrons. The minimum absolute atomic E-state index is 0.0932. The van der Waals surface area contributed by atoms with Crippen molar-refractivity contribution in [3.63, 3.8) is 0 Å². The summed E-state index contributed by atoms with van der Waals surface area (Å²) in [6, 6.07) is 11.0. The monoisotopic (exact) mass is 388 g/mol. The number of ether oxygens (including phenoxy) is 3. The maximum atomic E-state index is 12.0. The van der Waals surface area contributed by atoms with E-state index in [2.05, 4.69) is 5.32 Å². The molecular formula is C19H20N2O7. The van der Waals surface area contributed by atoms with Crippen molar-refractivity contribution in [2.24, 2.45) is 0 Å². The molecule has 9 nitrogen and oxygen atoms in total. The molecule has 0 saturated heterocycles. The zero-order chi connectivity index (χ0) is 20.5. The molecule has 0 spiro atoms. The summed E-state index contributed by atoms with van der Waals surface area (Å²) < 4.78 is 15.6. The highest BCUT2D eigenvalue weighted by Gasteiger charge is 2.15. The van der Waals surface area contributed by atoms with E-state index < -0.39 is 23.4 Å². The Hall–Kier alpha value is -3.62. The van der Waals surface area contributed by atoms with Gasteiger partial charge in [-0.15, -0.1) is 0 Å². The SMILES string of the molecule is COc1ccccc1OCCNC(=O)COC(=O)c1ccc([N+](=O)[O-])c(C)c1. The highest BCUT2D eigenvalue weighted by Crippen LogP contribution is 2.25. The number of para-hydroxylation sites is 2. The van der Waals surface area contributed by atoms with E-state index in [1.807, 2.05) is 6.07 Å². The van der Waals surface area contributed by atoms with E-state index >= 15 is 0 Å². The lowest BCUT2D eigenvalue weighted by Gasteiger charge is -2.11. The number of hydrogen-bond donors (Lipinski definition) is 1. The molecule has 0 aromatic heterocycles. The Kier molecular flexibility index (Phi) is 7.32. The first-order chi connectivity index (χ1) is 13.4. The average Bonchev–Trinajstić information content (AvgIpc) is 2.69. The number of hydrogen-bond acceptors (Lipinski definition) is 7. The average molecular weight is 388 g/mol. The molecule has 148 valence electrons. The molecule has 1 amide bonds. The highest BCUT2D eigenvalue weighted by atomic mass is 16.6. The molecule has 0 saturated carbocycles. The Morgan fingerprint density at radius 2 is 1.86 bits per heavy atom. The van der Waals surface area contributed by atoms with E-state index in [4.69, 9.17) is 14.2 Å². The maximum Gasteiger partial charge on any atom is 0.338 e. The number of carbonyl (C=O) groups is 2. The predicted octanol–water partition coefficient (Wildman–Crippen LogP) is 2.26. The second kappa shape index (κ2) is 9.91. The molecule has 0 aliphatic carbocycles. The topological polar surface area (TPSA) is 117 Å². The summed E-state index contributed by atoms with van der Waals surface area (Å²) in [7, 11) is 1.53. The summed E-state index contributed by atoms with van der Waals surface area (Å²) in [5.74, 6) is -0.0885. The van der Waals surface area contributed by atoms with Crippen molar-refractivity contribution < 1.29 is 28.7 Å². The summed E-state index contributed by atoms with van der Waals surface area (Å²) in [4.78, 5) is 34.0. The lowest BCUT2D eigenvalue weighted by molar-refractivity contribution is -0.385. The first kappa shape index (κ1) is 20.7. The van der Waals surface area contributed by atoms with E-state index in [1.165, 1.54) is 32.2 Å². The third-order valence-electron chi connectivity index (χ3n) is 3.71. The molecule has 0 aliphatic rings. The summed E-state index contributed by atoms with van der Waals surface area (Å²) in [5.41, 5.74) is 0.372. The van der Waals surface area contributed by atoms with Crippen molar-refractivity contribution in [1.29, 1.82) is 0 Å². The zero-order valence-electron chi connectivity index (χ0n) is 15.5. The van der Waals surface area contributed by atoms with Crippen LogP contribution in [0, 0.1) is 17.0 Å². The Labute approximate surface area is 161 Å². The van der Waals surface area contributed by atoms with Crippen LogP contribution in [0.2, 0.25) is 0 Å². The number of carbonyl (C=O) groups excluding carboxylic acids is 2. The van der Waals surface area contributed by atoms with Crippen molar-refractivity contribution in [2.45, 2.75) is 6.92 Å². The van der Waals surface area contributed by atoms with Crippen LogP contribution in [0.5, 0.6) is 11.5 Å². The summed E-state index contributed by atoms with van der Waals surface area (Å²) in [6.45, 7) is 1.47. The molecule has 0 unspecified atom stereocenters. The summed E-state index contributed by atoms with van der Waals surface area (Å²) in [6.07, 6.45) is 0. The van der Waals surface area contributed by atoms with Crippen LogP contribution in [0.3, 0.4) is 0 Å². The van der Waals surface area contributed by atoms with Gasteiger partial charge >= 0.3 is 5.97 Å². The number of nitrogens with one attached hydrogen (secondary N) is 1. The number of methoxy groups -OCH3 is 1. The number of amides is 1. The van der Waals surface area contributed by atoms with Crippen molar-refractivity contribution in [2.75, 3.05) is 26.9 Å². The van der Waals surface area contributed by atoms with Gasteiger partial charge in [0.1, 0.15) is 6.61 Å². The van der Waals surface area contributed by atoms with Gasteiger partial charge in [0.15, 0.2) is 18.1 Å². The Balaban J connectivity index is 1.74. The minimum Gasteiger partial charge on any atom is -0.493 e. The molecule has 2 aromatic carbocycles. The van der Waals surface area contributed by atoms with E-state index in [-0.39, 0.29) is 24.4 Å². The first-order valence-corrected chi connectivity index (χ1v) is 8.37. The Morgan fingerprint density at radius 3 is 2.50 bits per heavy atom. The van der Waals surface area contributed by atoms with Crippen LogP contribution in [0.1, 0.15) is 15.9 Å². The Morgan fingerprint density at radius 1 is 1.14 bits per heavy atom. The fourth-order valence-corrected chi connectivity index (χ4v) is 2.34. The molecule has 2 rings (SSSR count).